The highest BCUT2D eigenvalue weighted by Crippen LogP contribution is 2.40. The van der Waals surface area contributed by atoms with E-state index in [1.54, 1.807) is 12.3 Å². The molecule has 0 aliphatic heterocycles. The molecule has 0 saturated heterocycles. The van der Waals surface area contributed by atoms with Gasteiger partial charge in [-0.3, -0.25) is 0 Å². The Hall–Kier alpha value is -0.830. The first kappa shape index (κ1) is 14.6. The Morgan fingerprint density at radius 3 is 2.84 bits per heavy atom. The molecule has 1 heterocycles. The fourth-order valence-electron chi connectivity index (χ4n) is 3.15. The summed E-state index contributed by atoms with van der Waals surface area (Å²) in [5, 5.41) is 0. The number of nitrogens with zero attached hydrogens (tertiary/aromatic N) is 1. The van der Waals surface area contributed by atoms with E-state index in [-0.39, 0.29) is 23.3 Å². The molecule has 1 fully saturated rings. The third-order valence-electron chi connectivity index (χ3n) is 3.71. The Kier molecular flexibility index (Phi) is 4.34. The smallest absolute Gasteiger partial charge is 0.250 e. The number of ether oxygens (including phenoxy) is 1. The summed E-state index contributed by atoms with van der Waals surface area (Å²) in [6, 6.07) is 1.59. The summed E-state index contributed by atoms with van der Waals surface area (Å²) in [5.41, 5.74) is 0.679. The van der Waals surface area contributed by atoms with Gasteiger partial charge in [0.25, 0.3) is 5.88 Å². The predicted octanol–water partition coefficient (Wildman–Crippen LogP) is 4.55. The maximum Gasteiger partial charge on any atom is 0.250 e. The van der Waals surface area contributed by atoms with Crippen LogP contribution in [0.2, 0.25) is 0 Å². The number of alkyl halides is 1. The summed E-state index contributed by atoms with van der Waals surface area (Å²) in [6.07, 6.45) is 4.66. The second-order valence-corrected chi connectivity index (χ2v) is 6.64. The molecule has 0 radical (unpaired) electrons. The van der Waals surface area contributed by atoms with Gasteiger partial charge in [0.15, 0.2) is 5.82 Å². The molecule has 0 bridgehead atoms. The first-order chi connectivity index (χ1) is 8.91. The van der Waals surface area contributed by atoms with E-state index in [0.717, 1.165) is 12.8 Å². The molecular weight excluding hydrogens is 265 g/mol. The van der Waals surface area contributed by atoms with Crippen LogP contribution in [0.4, 0.5) is 4.39 Å². The van der Waals surface area contributed by atoms with E-state index in [9.17, 15) is 4.39 Å². The van der Waals surface area contributed by atoms with E-state index in [1.807, 2.05) is 0 Å². The zero-order valence-electron chi connectivity index (χ0n) is 11.7. The summed E-state index contributed by atoms with van der Waals surface area (Å²) >= 11 is 5.69. The fraction of sp³-hybridized carbons (Fsp3) is 0.667. The first-order valence-corrected chi connectivity index (χ1v) is 7.31. The molecule has 0 amide bonds. The van der Waals surface area contributed by atoms with E-state index in [1.165, 1.54) is 6.42 Å². The van der Waals surface area contributed by atoms with Crippen LogP contribution in [0, 0.1) is 17.2 Å². The second-order valence-electron chi connectivity index (χ2n) is 6.38. The van der Waals surface area contributed by atoms with Crippen LogP contribution < -0.4 is 4.74 Å². The number of rotatable bonds is 3. The second kappa shape index (κ2) is 5.66. The molecule has 1 aliphatic carbocycles. The number of pyridine rings is 1. The number of hydrogen-bond donors (Lipinski definition) is 0. The van der Waals surface area contributed by atoms with E-state index in [0.29, 0.717) is 11.5 Å². The van der Waals surface area contributed by atoms with Crippen molar-refractivity contribution in [3.05, 3.63) is 23.6 Å². The topological polar surface area (TPSA) is 22.1 Å². The third-order valence-corrected chi connectivity index (χ3v) is 3.99. The SMILES string of the molecule is CC1CC(Oc2nccc(CCl)c2F)CC(C)(C)C1. The zero-order valence-corrected chi connectivity index (χ0v) is 12.5. The Bertz CT molecular complexity index is 450. The summed E-state index contributed by atoms with van der Waals surface area (Å²) in [4.78, 5) is 4.00. The number of hydrogen-bond acceptors (Lipinski definition) is 2. The van der Waals surface area contributed by atoms with Crippen LogP contribution in [0.25, 0.3) is 0 Å². The number of halogens is 2. The lowest BCUT2D eigenvalue weighted by Crippen LogP contribution is -2.34. The average molecular weight is 286 g/mol. The molecule has 106 valence electrons. The standard InChI is InChI=1S/C15H21ClFNO/c1-10-6-12(8-15(2,3)7-10)19-14-13(17)11(9-16)4-5-18-14/h4-5,10,12H,6-9H2,1-3H3. The third kappa shape index (κ3) is 3.59. The summed E-state index contributed by atoms with van der Waals surface area (Å²) < 4.78 is 19.8. The highest BCUT2D eigenvalue weighted by atomic mass is 35.5. The van der Waals surface area contributed by atoms with Crippen LogP contribution in [0.5, 0.6) is 5.88 Å². The quantitative estimate of drug-likeness (QED) is 0.760. The Balaban J connectivity index is 2.13. The molecule has 19 heavy (non-hydrogen) atoms. The largest absolute Gasteiger partial charge is 0.472 e. The van der Waals surface area contributed by atoms with Gasteiger partial charge in [-0.05, 0) is 36.7 Å². The van der Waals surface area contributed by atoms with Gasteiger partial charge in [-0.15, -0.1) is 11.6 Å². The average Bonchev–Trinajstić information content (AvgIpc) is 2.29. The molecule has 2 unspecified atom stereocenters. The summed E-state index contributed by atoms with van der Waals surface area (Å²) in [7, 11) is 0. The Morgan fingerprint density at radius 1 is 1.47 bits per heavy atom. The van der Waals surface area contributed by atoms with Gasteiger partial charge < -0.3 is 4.74 Å². The van der Waals surface area contributed by atoms with Gasteiger partial charge in [-0.2, -0.15) is 0 Å². The van der Waals surface area contributed by atoms with Crippen LogP contribution in [-0.4, -0.2) is 11.1 Å². The van der Waals surface area contributed by atoms with E-state index < -0.39 is 5.82 Å². The molecule has 1 aliphatic rings. The van der Waals surface area contributed by atoms with Crippen molar-refractivity contribution in [2.75, 3.05) is 0 Å². The normalized spacial score (nSPS) is 26.2. The van der Waals surface area contributed by atoms with Crippen molar-refractivity contribution in [2.24, 2.45) is 11.3 Å². The van der Waals surface area contributed by atoms with Crippen molar-refractivity contribution in [3.63, 3.8) is 0 Å². The lowest BCUT2D eigenvalue weighted by Gasteiger charge is -2.38. The van der Waals surface area contributed by atoms with Gasteiger partial charge in [0.2, 0.25) is 0 Å². The number of aromatic nitrogens is 1. The molecule has 1 aromatic heterocycles. The van der Waals surface area contributed by atoms with E-state index >= 15 is 0 Å². The van der Waals surface area contributed by atoms with Crippen molar-refractivity contribution in [1.82, 2.24) is 4.98 Å². The van der Waals surface area contributed by atoms with Crippen molar-refractivity contribution in [1.29, 1.82) is 0 Å². The zero-order chi connectivity index (χ0) is 14.0. The van der Waals surface area contributed by atoms with Gasteiger partial charge in [-0.1, -0.05) is 20.8 Å². The minimum absolute atomic E-state index is 0.0336. The molecule has 0 spiro atoms. The van der Waals surface area contributed by atoms with Crippen molar-refractivity contribution < 1.29 is 9.13 Å². The van der Waals surface area contributed by atoms with Crippen LogP contribution in [0.15, 0.2) is 12.3 Å². The lowest BCUT2D eigenvalue weighted by atomic mass is 9.71. The molecule has 0 aromatic carbocycles. The van der Waals surface area contributed by atoms with E-state index in [2.05, 4.69) is 25.8 Å². The van der Waals surface area contributed by atoms with E-state index in [4.69, 9.17) is 16.3 Å². The molecule has 1 aromatic rings. The molecule has 2 atom stereocenters. The monoisotopic (exact) mass is 285 g/mol. The van der Waals surface area contributed by atoms with Gasteiger partial charge >= 0.3 is 0 Å². The van der Waals surface area contributed by atoms with Crippen LogP contribution in [0.3, 0.4) is 0 Å². The molecule has 1 saturated carbocycles. The minimum Gasteiger partial charge on any atom is -0.472 e. The Labute approximate surface area is 119 Å². The van der Waals surface area contributed by atoms with Crippen LogP contribution >= 0.6 is 11.6 Å². The molecule has 4 heteroatoms. The van der Waals surface area contributed by atoms with Crippen molar-refractivity contribution in [2.45, 2.75) is 52.0 Å². The van der Waals surface area contributed by atoms with Gasteiger partial charge in [0.1, 0.15) is 6.10 Å². The van der Waals surface area contributed by atoms with Crippen LogP contribution in [0.1, 0.15) is 45.6 Å². The van der Waals surface area contributed by atoms with Gasteiger partial charge in [-0.25, -0.2) is 9.37 Å². The molecular formula is C15H21ClFNO. The first-order valence-electron chi connectivity index (χ1n) is 6.77. The summed E-state index contributed by atoms with van der Waals surface area (Å²) in [6.45, 7) is 6.69. The maximum atomic E-state index is 14.0. The van der Waals surface area contributed by atoms with Crippen LogP contribution in [-0.2, 0) is 5.88 Å². The lowest BCUT2D eigenvalue weighted by molar-refractivity contribution is 0.0502. The maximum absolute atomic E-state index is 14.0. The fourth-order valence-corrected chi connectivity index (χ4v) is 3.36. The summed E-state index contributed by atoms with van der Waals surface area (Å²) in [5.74, 6) is 0.395. The highest BCUT2D eigenvalue weighted by molar-refractivity contribution is 6.17. The van der Waals surface area contributed by atoms with Crippen molar-refractivity contribution >= 4 is 11.6 Å². The predicted molar refractivity (Wildman–Crippen MR) is 75.0 cm³/mol. The van der Waals surface area contributed by atoms with Gasteiger partial charge in [0.05, 0.1) is 5.88 Å². The van der Waals surface area contributed by atoms with Gasteiger partial charge in [0, 0.05) is 11.8 Å². The van der Waals surface area contributed by atoms with Crippen molar-refractivity contribution in [3.8, 4) is 5.88 Å². The minimum atomic E-state index is -0.423. The Morgan fingerprint density at radius 2 is 2.21 bits per heavy atom. The molecule has 2 nitrogen and oxygen atoms in total. The highest BCUT2D eigenvalue weighted by Gasteiger charge is 2.33. The molecule has 2 rings (SSSR count). The molecule has 0 N–H and O–H groups in total.